The first-order chi connectivity index (χ1) is 13.1. The van der Waals surface area contributed by atoms with Crippen molar-refractivity contribution in [1.29, 1.82) is 0 Å². The molecule has 2 aromatic rings. The lowest BCUT2D eigenvalue weighted by Crippen LogP contribution is -2.27. The Balaban J connectivity index is 2.00. The van der Waals surface area contributed by atoms with Crippen LogP contribution in [0.25, 0.3) is 0 Å². The predicted octanol–water partition coefficient (Wildman–Crippen LogP) is 3.14. The fraction of sp³-hybridized carbons (Fsp3) is 0.211. The van der Waals surface area contributed by atoms with Gasteiger partial charge in [-0.3, -0.25) is 4.79 Å². The van der Waals surface area contributed by atoms with Gasteiger partial charge in [0.25, 0.3) is 5.91 Å². The molecular weight excluding hydrogens is 393 g/mol. The molecule has 0 spiro atoms. The fourth-order valence-electron chi connectivity index (χ4n) is 2.34. The molecule has 0 saturated heterocycles. The second-order valence-corrected chi connectivity index (χ2v) is 7.64. The summed E-state index contributed by atoms with van der Waals surface area (Å²) >= 11 is 0. The molecule has 0 bridgehead atoms. The Kier molecular flexibility index (Phi) is 6.98. The van der Waals surface area contributed by atoms with E-state index in [0.717, 1.165) is 12.1 Å². The molecule has 2 rings (SSSR count). The van der Waals surface area contributed by atoms with Gasteiger partial charge in [-0.25, -0.2) is 13.1 Å². The number of carbonyl (C=O) groups excluding carboxylic acids is 1. The van der Waals surface area contributed by atoms with Crippen LogP contribution in [0.2, 0.25) is 0 Å². The second-order valence-electron chi connectivity index (χ2n) is 5.87. The number of alkyl halides is 3. The van der Waals surface area contributed by atoms with Crippen LogP contribution in [0.5, 0.6) is 0 Å². The van der Waals surface area contributed by atoms with Crippen molar-refractivity contribution in [1.82, 2.24) is 10.0 Å². The number of halogens is 3. The van der Waals surface area contributed by atoms with Gasteiger partial charge in [0.05, 0.1) is 10.5 Å². The van der Waals surface area contributed by atoms with E-state index < -0.39 is 27.7 Å². The average Bonchev–Trinajstić information content (AvgIpc) is 2.66. The number of hydrogen-bond donors (Lipinski definition) is 2. The lowest BCUT2D eigenvalue weighted by molar-refractivity contribution is -0.137. The van der Waals surface area contributed by atoms with Crippen LogP contribution in [-0.2, 0) is 22.6 Å². The Morgan fingerprint density at radius 2 is 1.79 bits per heavy atom. The molecule has 0 saturated carbocycles. The summed E-state index contributed by atoms with van der Waals surface area (Å²) in [5, 5.41) is 2.55. The topological polar surface area (TPSA) is 75.3 Å². The molecule has 28 heavy (non-hydrogen) atoms. The maximum absolute atomic E-state index is 12.5. The van der Waals surface area contributed by atoms with Crippen LogP contribution in [-0.4, -0.2) is 27.4 Å². The molecule has 1 amide bonds. The van der Waals surface area contributed by atoms with Crippen molar-refractivity contribution in [2.45, 2.75) is 17.5 Å². The zero-order chi connectivity index (χ0) is 20.8. The van der Waals surface area contributed by atoms with Crippen molar-refractivity contribution in [3.05, 3.63) is 77.9 Å². The maximum Gasteiger partial charge on any atom is 0.416 e. The SMILES string of the molecule is C=CCNC(=O)c1cccc(S(=O)(=O)NCCc2ccc(C(F)(F)F)cc2)c1. The summed E-state index contributed by atoms with van der Waals surface area (Å²) in [6.45, 7) is 3.73. The monoisotopic (exact) mass is 412 g/mol. The second kappa shape index (κ2) is 9.03. The summed E-state index contributed by atoms with van der Waals surface area (Å²) in [6.07, 6.45) is -2.69. The third kappa shape index (κ3) is 5.93. The normalized spacial score (nSPS) is 11.8. The van der Waals surface area contributed by atoms with Gasteiger partial charge in [-0.1, -0.05) is 24.3 Å². The van der Waals surface area contributed by atoms with Gasteiger partial charge < -0.3 is 5.32 Å². The average molecular weight is 412 g/mol. The zero-order valence-electron chi connectivity index (χ0n) is 14.8. The van der Waals surface area contributed by atoms with E-state index in [4.69, 9.17) is 0 Å². The summed E-state index contributed by atoms with van der Waals surface area (Å²) in [5.41, 5.74) is -0.0101. The van der Waals surface area contributed by atoms with Crippen LogP contribution in [0.4, 0.5) is 13.2 Å². The summed E-state index contributed by atoms with van der Waals surface area (Å²) in [4.78, 5) is 11.8. The summed E-state index contributed by atoms with van der Waals surface area (Å²) in [7, 11) is -3.87. The molecule has 0 atom stereocenters. The highest BCUT2D eigenvalue weighted by Gasteiger charge is 2.29. The molecule has 0 heterocycles. The minimum atomic E-state index is -4.41. The van der Waals surface area contributed by atoms with E-state index in [1.54, 1.807) is 0 Å². The van der Waals surface area contributed by atoms with Crippen LogP contribution >= 0.6 is 0 Å². The first kappa shape index (κ1) is 21.6. The molecule has 9 heteroatoms. The van der Waals surface area contributed by atoms with Crippen molar-refractivity contribution in [2.24, 2.45) is 0 Å². The number of sulfonamides is 1. The fourth-order valence-corrected chi connectivity index (χ4v) is 3.42. The summed E-state index contributed by atoms with van der Waals surface area (Å²) in [6, 6.07) is 10.1. The van der Waals surface area contributed by atoms with Gasteiger partial charge in [-0.2, -0.15) is 13.2 Å². The van der Waals surface area contributed by atoms with Gasteiger partial charge >= 0.3 is 6.18 Å². The number of nitrogens with one attached hydrogen (secondary N) is 2. The van der Waals surface area contributed by atoms with Gasteiger partial charge in [0.2, 0.25) is 10.0 Å². The van der Waals surface area contributed by atoms with E-state index in [-0.39, 0.29) is 30.0 Å². The lowest BCUT2D eigenvalue weighted by atomic mass is 10.1. The van der Waals surface area contributed by atoms with E-state index in [9.17, 15) is 26.4 Å². The molecule has 5 nitrogen and oxygen atoms in total. The predicted molar refractivity (Wildman–Crippen MR) is 99.3 cm³/mol. The molecule has 0 aliphatic heterocycles. The number of benzene rings is 2. The van der Waals surface area contributed by atoms with Crippen LogP contribution in [0.15, 0.2) is 66.1 Å². The first-order valence-electron chi connectivity index (χ1n) is 8.28. The third-order valence-corrected chi connectivity index (χ3v) is 5.26. The largest absolute Gasteiger partial charge is 0.416 e. The standard InChI is InChI=1S/C19H19F3N2O3S/c1-2-11-23-18(25)15-4-3-5-17(13-15)28(26,27)24-12-10-14-6-8-16(9-7-14)19(20,21)22/h2-9,13,24H,1,10-12H2,(H,23,25). The van der Waals surface area contributed by atoms with Gasteiger partial charge in [0.1, 0.15) is 0 Å². The van der Waals surface area contributed by atoms with Gasteiger partial charge in [-0.15, -0.1) is 6.58 Å². The number of rotatable bonds is 8. The smallest absolute Gasteiger partial charge is 0.349 e. The summed E-state index contributed by atoms with van der Waals surface area (Å²) in [5.74, 6) is -0.429. The van der Waals surface area contributed by atoms with Crippen LogP contribution in [0.1, 0.15) is 21.5 Å². The van der Waals surface area contributed by atoms with Crippen LogP contribution in [0.3, 0.4) is 0 Å². The van der Waals surface area contributed by atoms with Crippen molar-refractivity contribution in [3.63, 3.8) is 0 Å². The molecule has 0 aromatic heterocycles. The molecule has 0 fully saturated rings. The molecule has 0 aliphatic carbocycles. The highest BCUT2D eigenvalue weighted by molar-refractivity contribution is 7.89. The quantitative estimate of drug-likeness (QED) is 0.654. The van der Waals surface area contributed by atoms with Gasteiger partial charge in [-0.05, 0) is 42.3 Å². The Morgan fingerprint density at radius 1 is 1.11 bits per heavy atom. The molecule has 0 radical (unpaired) electrons. The minimum absolute atomic E-state index is 0.000581. The number of amides is 1. The van der Waals surface area contributed by atoms with Crippen molar-refractivity contribution in [3.8, 4) is 0 Å². The van der Waals surface area contributed by atoms with E-state index >= 15 is 0 Å². The zero-order valence-corrected chi connectivity index (χ0v) is 15.6. The lowest BCUT2D eigenvalue weighted by Gasteiger charge is -2.10. The molecule has 2 aromatic carbocycles. The minimum Gasteiger partial charge on any atom is -0.349 e. The highest BCUT2D eigenvalue weighted by atomic mass is 32.2. The van der Waals surface area contributed by atoms with Gasteiger partial charge in [0, 0.05) is 18.7 Å². The van der Waals surface area contributed by atoms with E-state index in [1.165, 1.54) is 42.5 Å². The molecule has 150 valence electrons. The first-order valence-corrected chi connectivity index (χ1v) is 9.77. The van der Waals surface area contributed by atoms with Crippen molar-refractivity contribution in [2.75, 3.05) is 13.1 Å². The van der Waals surface area contributed by atoms with Gasteiger partial charge in [0.15, 0.2) is 0 Å². The van der Waals surface area contributed by atoms with E-state index in [1.807, 2.05) is 0 Å². The molecular formula is C19H19F3N2O3S. The van der Waals surface area contributed by atoms with E-state index in [2.05, 4.69) is 16.6 Å². The maximum atomic E-state index is 12.5. The van der Waals surface area contributed by atoms with Crippen LogP contribution < -0.4 is 10.0 Å². The molecule has 0 unspecified atom stereocenters. The Hall–Kier alpha value is -2.65. The third-order valence-electron chi connectivity index (χ3n) is 3.80. The Bertz CT molecular complexity index is 940. The van der Waals surface area contributed by atoms with Crippen molar-refractivity contribution >= 4 is 15.9 Å². The van der Waals surface area contributed by atoms with Crippen molar-refractivity contribution < 1.29 is 26.4 Å². The molecule has 2 N–H and O–H groups in total. The summed E-state index contributed by atoms with van der Waals surface area (Å²) < 4.78 is 64.8. The number of carbonyl (C=O) groups is 1. The van der Waals surface area contributed by atoms with Crippen LogP contribution in [0, 0.1) is 0 Å². The Labute approximate surface area is 161 Å². The van der Waals surface area contributed by atoms with E-state index in [0.29, 0.717) is 5.56 Å². The highest BCUT2D eigenvalue weighted by Crippen LogP contribution is 2.29. The molecule has 0 aliphatic rings. The Morgan fingerprint density at radius 3 is 2.39 bits per heavy atom. The number of hydrogen-bond acceptors (Lipinski definition) is 3.